The molecule has 0 aromatic carbocycles. The Morgan fingerprint density at radius 3 is 2.82 bits per heavy atom. The summed E-state index contributed by atoms with van der Waals surface area (Å²) in [4.78, 5) is 1.34. The zero-order valence-corrected chi connectivity index (χ0v) is 14.0. The maximum atomic E-state index is 5.90. The fourth-order valence-electron chi connectivity index (χ4n) is 2.26. The molecule has 0 amide bonds. The maximum Gasteiger partial charge on any atom is 0.0843 e. The van der Waals surface area contributed by atoms with Gasteiger partial charge in [0.05, 0.1) is 15.9 Å². The fourth-order valence-corrected chi connectivity index (χ4v) is 4.46. The summed E-state index contributed by atoms with van der Waals surface area (Å²) in [5.41, 5.74) is 0. The molecule has 1 aromatic rings. The molecule has 17 heavy (non-hydrogen) atoms. The van der Waals surface area contributed by atoms with E-state index in [-0.39, 0.29) is 0 Å². The van der Waals surface area contributed by atoms with Gasteiger partial charge in [0.2, 0.25) is 0 Å². The van der Waals surface area contributed by atoms with Crippen molar-refractivity contribution in [2.24, 2.45) is 5.92 Å². The van der Waals surface area contributed by atoms with Crippen molar-refractivity contribution in [3.63, 3.8) is 0 Å². The van der Waals surface area contributed by atoms with E-state index < -0.39 is 0 Å². The summed E-state index contributed by atoms with van der Waals surface area (Å²) < 4.78 is 8.18. The minimum atomic E-state index is 0.299. The average molecular weight is 383 g/mol. The second-order valence-electron chi connectivity index (χ2n) is 4.41. The highest BCUT2D eigenvalue weighted by molar-refractivity contribution is 9.13. The van der Waals surface area contributed by atoms with Gasteiger partial charge >= 0.3 is 0 Å². The highest BCUT2D eigenvalue weighted by atomic mass is 79.9. The molecule has 1 aromatic heterocycles. The quantitative estimate of drug-likeness (QED) is 0.835. The van der Waals surface area contributed by atoms with Crippen LogP contribution in [0.4, 0.5) is 0 Å². The fraction of sp³-hybridized carbons (Fsp3) is 0.667. The number of rotatable bonds is 4. The Bertz CT molecular complexity index is 363. The number of halogens is 2. The smallest absolute Gasteiger partial charge is 0.0843 e. The summed E-state index contributed by atoms with van der Waals surface area (Å²) in [6, 6.07) is 2.50. The predicted molar refractivity (Wildman–Crippen MR) is 79.7 cm³/mol. The van der Waals surface area contributed by atoms with Gasteiger partial charge in [0.15, 0.2) is 0 Å². The number of nitrogens with one attached hydrogen (secondary N) is 1. The Hall–Kier alpha value is 0.580. The molecule has 0 bridgehead atoms. The van der Waals surface area contributed by atoms with E-state index in [2.05, 4.69) is 57.1 Å². The molecular weight excluding hydrogens is 366 g/mol. The van der Waals surface area contributed by atoms with Gasteiger partial charge in [-0.15, -0.1) is 11.3 Å². The molecule has 1 N–H and O–H groups in total. The molecule has 0 saturated carbocycles. The van der Waals surface area contributed by atoms with E-state index >= 15 is 0 Å². The van der Waals surface area contributed by atoms with Crippen LogP contribution >= 0.6 is 43.2 Å². The van der Waals surface area contributed by atoms with Crippen LogP contribution in [0.2, 0.25) is 0 Å². The highest BCUT2D eigenvalue weighted by Crippen LogP contribution is 2.39. The van der Waals surface area contributed by atoms with Gasteiger partial charge in [-0.3, -0.25) is 0 Å². The van der Waals surface area contributed by atoms with E-state index in [1.54, 1.807) is 11.3 Å². The third-order valence-electron chi connectivity index (χ3n) is 3.17. The molecule has 1 saturated heterocycles. The number of ether oxygens (including phenoxy) is 1. The monoisotopic (exact) mass is 381 g/mol. The van der Waals surface area contributed by atoms with Crippen LogP contribution in [0.1, 0.15) is 31.2 Å². The van der Waals surface area contributed by atoms with Crippen LogP contribution in [0.3, 0.4) is 0 Å². The van der Waals surface area contributed by atoms with Gasteiger partial charge in [-0.05, 0) is 56.8 Å². The van der Waals surface area contributed by atoms with Crippen molar-refractivity contribution < 1.29 is 4.74 Å². The normalized spacial score (nSPS) is 26.4. The van der Waals surface area contributed by atoms with Crippen molar-refractivity contribution in [1.29, 1.82) is 0 Å². The molecule has 2 heterocycles. The van der Waals surface area contributed by atoms with Crippen molar-refractivity contribution in [3.05, 3.63) is 19.2 Å². The number of hydrogen-bond donors (Lipinski definition) is 1. The van der Waals surface area contributed by atoms with Crippen molar-refractivity contribution in [1.82, 2.24) is 5.32 Å². The van der Waals surface area contributed by atoms with Crippen LogP contribution in [-0.4, -0.2) is 19.3 Å². The van der Waals surface area contributed by atoms with Gasteiger partial charge < -0.3 is 10.1 Å². The number of likely N-dealkylation sites (N-methyl/N-ethyl adjacent to an activating group) is 1. The molecule has 2 rings (SSSR count). The van der Waals surface area contributed by atoms with Crippen LogP contribution in [-0.2, 0) is 4.74 Å². The summed E-state index contributed by atoms with van der Waals surface area (Å²) >= 11 is 8.89. The van der Waals surface area contributed by atoms with Gasteiger partial charge in [0.1, 0.15) is 0 Å². The molecule has 1 fully saturated rings. The van der Waals surface area contributed by atoms with E-state index in [0.717, 1.165) is 21.4 Å². The van der Waals surface area contributed by atoms with Gasteiger partial charge in [-0.25, -0.2) is 0 Å². The van der Waals surface area contributed by atoms with Crippen molar-refractivity contribution >= 4 is 43.2 Å². The maximum absolute atomic E-state index is 5.90. The Balaban J connectivity index is 2.21. The predicted octanol–water partition coefficient (Wildman–Crippen LogP) is 4.35. The van der Waals surface area contributed by atoms with Crippen LogP contribution in [0.5, 0.6) is 0 Å². The van der Waals surface area contributed by atoms with Crippen LogP contribution in [0, 0.1) is 5.92 Å². The molecule has 0 radical (unpaired) electrons. The number of thiophene rings is 1. The van der Waals surface area contributed by atoms with Crippen LogP contribution < -0.4 is 5.32 Å². The molecule has 0 aliphatic carbocycles. The SMILES string of the molecule is CCNC(c1cc(Br)c(Br)s1)C1OCCC1C. The lowest BCUT2D eigenvalue weighted by molar-refractivity contribution is 0.0622. The molecule has 2 nitrogen and oxygen atoms in total. The zero-order chi connectivity index (χ0) is 12.4. The Kier molecular flexibility index (Phi) is 5.06. The van der Waals surface area contributed by atoms with E-state index in [1.807, 2.05) is 0 Å². The highest BCUT2D eigenvalue weighted by Gasteiger charge is 2.33. The molecule has 3 unspecified atom stereocenters. The minimum Gasteiger partial charge on any atom is -0.376 e. The van der Waals surface area contributed by atoms with E-state index in [4.69, 9.17) is 4.74 Å². The second kappa shape index (κ2) is 6.15. The van der Waals surface area contributed by atoms with Crippen molar-refractivity contribution in [2.45, 2.75) is 32.4 Å². The third kappa shape index (κ3) is 3.13. The number of hydrogen-bond acceptors (Lipinski definition) is 3. The molecular formula is C12H17Br2NOS. The molecule has 0 spiro atoms. The second-order valence-corrected chi connectivity index (χ2v) is 7.66. The molecule has 1 aliphatic rings. The summed E-state index contributed by atoms with van der Waals surface area (Å²) in [6.07, 6.45) is 1.47. The van der Waals surface area contributed by atoms with Crippen molar-refractivity contribution in [2.75, 3.05) is 13.2 Å². The van der Waals surface area contributed by atoms with Gasteiger partial charge in [0.25, 0.3) is 0 Å². The first-order valence-electron chi connectivity index (χ1n) is 5.93. The molecule has 5 heteroatoms. The van der Waals surface area contributed by atoms with Crippen LogP contribution in [0.15, 0.2) is 14.3 Å². The van der Waals surface area contributed by atoms with Gasteiger partial charge in [-0.2, -0.15) is 0 Å². The first-order chi connectivity index (χ1) is 8.13. The van der Waals surface area contributed by atoms with Gasteiger partial charge in [0, 0.05) is 16.0 Å². The Morgan fingerprint density at radius 1 is 1.59 bits per heavy atom. The lowest BCUT2D eigenvalue weighted by atomic mass is 9.96. The largest absolute Gasteiger partial charge is 0.376 e. The molecule has 3 atom stereocenters. The van der Waals surface area contributed by atoms with E-state index in [0.29, 0.717) is 18.1 Å². The minimum absolute atomic E-state index is 0.299. The van der Waals surface area contributed by atoms with Crippen LogP contribution in [0.25, 0.3) is 0 Å². The zero-order valence-electron chi connectivity index (χ0n) is 10.0. The average Bonchev–Trinajstić information content (AvgIpc) is 2.83. The first kappa shape index (κ1) is 14.0. The first-order valence-corrected chi connectivity index (χ1v) is 8.33. The summed E-state index contributed by atoms with van der Waals surface area (Å²) in [6.45, 7) is 6.27. The summed E-state index contributed by atoms with van der Waals surface area (Å²) in [5.74, 6) is 0.624. The third-order valence-corrected chi connectivity index (χ3v) is 6.51. The Labute approximate surface area is 123 Å². The lowest BCUT2D eigenvalue weighted by Crippen LogP contribution is -2.34. The molecule has 1 aliphatic heterocycles. The Morgan fingerprint density at radius 2 is 2.35 bits per heavy atom. The topological polar surface area (TPSA) is 21.3 Å². The standard InChI is InChI=1S/C12H17Br2NOS/c1-3-15-10(11-7(2)4-5-16-11)9-6-8(13)12(14)17-9/h6-7,10-11,15H,3-5H2,1-2H3. The van der Waals surface area contributed by atoms with Crippen molar-refractivity contribution in [3.8, 4) is 0 Å². The van der Waals surface area contributed by atoms with E-state index in [9.17, 15) is 0 Å². The van der Waals surface area contributed by atoms with Gasteiger partial charge in [-0.1, -0.05) is 13.8 Å². The summed E-state index contributed by atoms with van der Waals surface area (Å²) in [7, 11) is 0. The van der Waals surface area contributed by atoms with E-state index in [1.165, 1.54) is 11.3 Å². The lowest BCUT2D eigenvalue weighted by Gasteiger charge is -2.25. The summed E-state index contributed by atoms with van der Waals surface area (Å²) in [5, 5.41) is 3.56. The molecule has 96 valence electrons.